The van der Waals surface area contributed by atoms with Gasteiger partial charge >= 0.3 is 6.03 Å². The lowest BCUT2D eigenvalue weighted by molar-refractivity contribution is -0.124. The Bertz CT molecular complexity index is 583. The molecule has 0 aliphatic carbocycles. The summed E-state index contributed by atoms with van der Waals surface area (Å²) < 4.78 is 0. The largest absolute Gasteiger partial charge is 0.333 e. The summed E-state index contributed by atoms with van der Waals surface area (Å²) in [6, 6.07) is 6.51. The van der Waals surface area contributed by atoms with Crippen molar-refractivity contribution in [2.45, 2.75) is 39.3 Å². The minimum absolute atomic E-state index is 0.122. The number of carbonyl (C=O) groups is 2. The number of piperazine rings is 1. The number of benzene rings is 1. The zero-order chi connectivity index (χ0) is 16.5. The summed E-state index contributed by atoms with van der Waals surface area (Å²) in [6.45, 7) is 8.39. The Morgan fingerprint density at radius 1 is 1.27 bits per heavy atom. The fourth-order valence-electron chi connectivity index (χ4n) is 2.45. The third-order valence-electron chi connectivity index (χ3n) is 3.54. The van der Waals surface area contributed by atoms with Crippen LogP contribution >= 0.6 is 11.6 Å². The van der Waals surface area contributed by atoms with Crippen LogP contribution in [0.25, 0.3) is 0 Å². The lowest BCUT2D eigenvalue weighted by Crippen LogP contribution is -2.61. The number of halogens is 1. The maximum Gasteiger partial charge on any atom is 0.318 e. The molecule has 0 saturated carbocycles. The molecule has 6 heteroatoms. The van der Waals surface area contributed by atoms with Gasteiger partial charge in [-0.15, -0.1) is 0 Å². The van der Waals surface area contributed by atoms with Crippen molar-refractivity contribution in [3.05, 3.63) is 29.3 Å². The first kappa shape index (κ1) is 16.6. The van der Waals surface area contributed by atoms with Crippen LogP contribution in [0.2, 0.25) is 5.02 Å². The number of nitrogens with one attached hydrogen (secondary N) is 1. The minimum Gasteiger partial charge on any atom is -0.333 e. The Morgan fingerprint density at radius 2 is 1.91 bits per heavy atom. The summed E-state index contributed by atoms with van der Waals surface area (Å²) in [6.07, 6.45) is 0. The second-order valence-electron chi connectivity index (χ2n) is 6.49. The number of para-hydroxylation sites is 1. The summed E-state index contributed by atoms with van der Waals surface area (Å²) in [7, 11) is 0. The number of hydrogen-bond acceptors (Lipinski definition) is 2. The zero-order valence-electron chi connectivity index (χ0n) is 13.4. The van der Waals surface area contributed by atoms with Gasteiger partial charge in [-0.25, -0.2) is 4.79 Å². The van der Waals surface area contributed by atoms with Gasteiger partial charge in [0.15, 0.2) is 0 Å². The number of amides is 3. The highest BCUT2D eigenvalue weighted by Gasteiger charge is 2.36. The maximum atomic E-state index is 12.6. The normalized spacial score (nSPS) is 19.3. The molecule has 2 rings (SSSR count). The predicted molar refractivity (Wildman–Crippen MR) is 88.3 cm³/mol. The summed E-state index contributed by atoms with van der Waals surface area (Å²) in [5.74, 6) is -0.122. The van der Waals surface area contributed by atoms with Crippen LogP contribution in [0.15, 0.2) is 24.3 Å². The molecule has 1 aliphatic heterocycles. The topological polar surface area (TPSA) is 52.7 Å². The van der Waals surface area contributed by atoms with E-state index in [1.165, 1.54) is 0 Å². The molecule has 1 unspecified atom stereocenters. The number of anilines is 1. The molecule has 1 N–H and O–H groups in total. The Hall–Kier alpha value is -1.75. The quantitative estimate of drug-likeness (QED) is 0.864. The molecule has 1 atom stereocenters. The molecule has 1 heterocycles. The monoisotopic (exact) mass is 323 g/mol. The smallest absolute Gasteiger partial charge is 0.318 e. The van der Waals surface area contributed by atoms with Crippen LogP contribution in [0.1, 0.15) is 27.7 Å². The third kappa shape index (κ3) is 3.53. The van der Waals surface area contributed by atoms with Crippen molar-refractivity contribution < 1.29 is 9.59 Å². The number of hydrogen-bond donors (Lipinski definition) is 1. The van der Waals surface area contributed by atoms with Crippen LogP contribution in [-0.2, 0) is 4.79 Å². The van der Waals surface area contributed by atoms with Crippen molar-refractivity contribution in [3.63, 3.8) is 0 Å². The summed E-state index contributed by atoms with van der Waals surface area (Å²) in [5, 5.41) is 3.43. The summed E-state index contributed by atoms with van der Waals surface area (Å²) in [4.78, 5) is 28.1. The van der Waals surface area contributed by atoms with E-state index in [0.717, 1.165) is 0 Å². The number of carbonyl (C=O) groups excluding carboxylic acids is 2. The Morgan fingerprint density at radius 3 is 2.50 bits per heavy atom. The SMILES string of the molecule is CC1C(=O)N(c2ccccc2Cl)CCN1C(=O)NC(C)(C)C. The van der Waals surface area contributed by atoms with Gasteiger partial charge in [-0.2, -0.15) is 0 Å². The molecule has 0 aromatic heterocycles. The van der Waals surface area contributed by atoms with Crippen molar-refractivity contribution in [1.82, 2.24) is 10.2 Å². The van der Waals surface area contributed by atoms with Gasteiger partial charge in [0.2, 0.25) is 5.91 Å². The van der Waals surface area contributed by atoms with Gasteiger partial charge in [0.1, 0.15) is 6.04 Å². The lowest BCUT2D eigenvalue weighted by atomic mass is 10.1. The first-order valence-corrected chi connectivity index (χ1v) is 7.73. The molecule has 5 nitrogen and oxygen atoms in total. The standard InChI is InChI=1S/C16H22ClN3O2/c1-11-14(21)20(13-8-6-5-7-12(13)17)10-9-19(11)15(22)18-16(2,3)4/h5-8,11H,9-10H2,1-4H3,(H,18,22). The average molecular weight is 324 g/mol. The van der Waals surface area contributed by atoms with E-state index in [-0.39, 0.29) is 17.5 Å². The molecule has 1 aromatic rings. The predicted octanol–water partition coefficient (Wildman–Crippen LogP) is 2.89. The van der Waals surface area contributed by atoms with Crippen LogP contribution in [0.4, 0.5) is 10.5 Å². The Balaban J connectivity index is 2.15. The van der Waals surface area contributed by atoms with Crippen molar-refractivity contribution in [3.8, 4) is 0 Å². The lowest BCUT2D eigenvalue weighted by Gasteiger charge is -2.40. The molecule has 0 radical (unpaired) electrons. The van der Waals surface area contributed by atoms with Crippen molar-refractivity contribution in [1.29, 1.82) is 0 Å². The van der Waals surface area contributed by atoms with E-state index in [9.17, 15) is 9.59 Å². The minimum atomic E-state index is -0.521. The van der Waals surface area contributed by atoms with Crippen LogP contribution in [-0.4, -0.2) is 41.5 Å². The van der Waals surface area contributed by atoms with E-state index in [2.05, 4.69) is 5.32 Å². The van der Waals surface area contributed by atoms with E-state index in [0.29, 0.717) is 23.8 Å². The van der Waals surface area contributed by atoms with Gasteiger partial charge in [0.05, 0.1) is 10.7 Å². The molecular weight excluding hydrogens is 302 g/mol. The molecule has 0 spiro atoms. The van der Waals surface area contributed by atoms with Gasteiger partial charge in [0, 0.05) is 18.6 Å². The van der Waals surface area contributed by atoms with Crippen LogP contribution in [0.5, 0.6) is 0 Å². The second-order valence-corrected chi connectivity index (χ2v) is 6.90. The highest BCUT2D eigenvalue weighted by Crippen LogP contribution is 2.28. The van der Waals surface area contributed by atoms with Gasteiger partial charge in [-0.3, -0.25) is 4.79 Å². The van der Waals surface area contributed by atoms with E-state index in [1.54, 1.807) is 22.8 Å². The Kier molecular flexibility index (Phi) is 4.66. The van der Waals surface area contributed by atoms with Gasteiger partial charge in [0.25, 0.3) is 0 Å². The maximum absolute atomic E-state index is 12.6. The van der Waals surface area contributed by atoms with Gasteiger partial charge < -0.3 is 15.1 Å². The zero-order valence-corrected chi connectivity index (χ0v) is 14.1. The van der Waals surface area contributed by atoms with E-state index in [1.807, 2.05) is 39.0 Å². The van der Waals surface area contributed by atoms with Gasteiger partial charge in [-0.1, -0.05) is 23.7 Å². The summed E-state index contributed by atoms with van der Waals surface area (Å²) in [5.41, 5.74) is 0.358. The fraction of sp³-hybridized carbons (Fsp3) is 0.500. The molecule has 22 heavy (non-hydrogen) atoms. The van der Waals surface area contributed by atoms with Crippen molar-refractivity contribution in [2.24, 2.45) is 0 Å². The van der Waals surface area contributed by atoms with Crippen molar-refractivity contribution >= 4 is 29.2 Å². The third-order valence-corrected chi connectivity index (χ3v) is 3.86. The first-order chi connectivity index (χ1) is 10.2. The Labute approximate surface area is 136 Å². The van der Waals surface area contributed by atoms with Crippen molar-refractivity contribution in [2.75, 3.05) is 18.0 Å². The second kappa shape index (κ2) is 6.16. The number of urea groups is 1. The first-order valence-electron chi connectivity index (χ1n) is 7.35. The van der Waals surface area contributed by atoms with E-state index >= 15 is 0 Å². The number of rotatable bonds is 1. The van der Waals surface area contributed by atoms with Gasteiger partial charge in [-0.05, 0) is 39.8 Å². The average Bonchev–Trinajstić information content (AvgIpc) is 2.41. The molecule has 3 amide bonds. The molecule has 120 valence electrons. The highest BCUT2D eigenvalue weighted by molar-refractivity contribution is 6.33. The molecule has 1 saturated heterocycles. The molecule has 1 aliphatic rings. The van der Waals surface area contributed by atoms with Crippen LogP contribution in [0, 0.1) is 0 Å². The molecule has 0 bridgehead atoms. The fourth-order valence-corrected chi connectivity index (χ4v) is 2.69. The number of nitrogens with zero attached hydrogens (tertiary/aromatic N) is 2. The summed E-state index contributed by atoms with van der Waals surface area (Å²) >= 11 is 6.17. The highest BCUT2D eigenvalue weighted by atomic mass is 35.5. The van der Waals surface area contributed by atoms with Crippen LogP contribution in [0.3, 0.4) is 0 Å². The van der Waals surface area contributed by atoms with E-state index in [4.69, 9.17) is 11.6 Å². The van der Waals surface area contributed by atoms with Crippen LogP contribution < -0.4 is 10.2 Å². The molecule has 1 fully saturated rings. The molecule has 1 aromatic carbocycles. The molecular formula is C16H22ClN3O2. The van der Waals surface area contributed by atoms with E-state index < -0.39 is 6.04 Å².